The molecule has 0 saturated carbocycles. The Morgan fingerprint density at radius 2 is 1.62 bits per heavy atom. The molecule has 1 heterocycles. The maximum Gasteiger partial charge on any atom is 0.308 e. The monoisotopic (exact) mass is 434 g/mol. The molecular weight excluding hydrogens is 404 g/mol. The van der Waals surface area contributed by atoms with E-state index >= 15 is 0 Å². The molecule has 1 atom stereocenters. The maximum absolute atomic E-state index is 12.7. The van der Waals surface area contributed by atoms with Crippen LogP contribution in [0.2, 0.25) is 0 Å². The van der Waals surface area contributed by atoms with Gasteiger partial charge in [-0.1, -0.05) is 59.7 Å². The number of aryl methyl sites for hydroxylation is 3. The highest BCUT2D eigenvalue weighted by Crippen LogP contribution is 2.22. The van der Waals surface area contributed by atoms with E-state index in [9.17, 15) is 9.59 Å². The molecule has 0 aliphatic heterocycles. The van der Waals surface area contributed by atoms with Crippen molar-refractivity contribution < 1.29 is 18.7 Å². The average Bonchev–Trinajstić information content (AvgIpc) is 3.21. The first-order valence-corrected chi connectivity index (χ1v) is 10.9. The smallest absolute Gasteiger partial charge is 0.308 e. The minimum atomic E-state index is -0.456. The van der Waals surface area contributed by atoms with Crippen molar-refractivity contribution in [2.75, 3.05) is 0 Å². The second-order valence-corrected chi connectivity index (χ2v) is 8.26. The number of carbonyl (C=O) groups is 2. The van der Waals surface area contributed by atoms with Gasteiger partial charge in [0.2, 0.25) is 5.91 Å². The van der Waals surface area contributed by atoms with Crippen LogP contribution in [0.15, 0.2) is 59.1 Å². The fraction of sp³-hybridized carbons (Fsp3) is 0.346. The Balaban J connectivity index is 1.61. The number of esters is 1. The molecule has 32 heavy (non-hydrogen) atoms. The number of carbonyl (C=O) groups excluding carboxylic acids is 2. The summed E-state index contributed by atoms with van der Waals surface area (Å²) >= 11 is 0. The summed E-state index contributed by atoms with van der Waals surface area (Å²) < 4.78 is 11.1. The van der Waals surface area contributed by atoms with Gasteiger partial charge in [0.25, 0.3) is 0 Å². The van der Waals surface area contributed by atoms with Crippen LogP contribution in [0.1, 0.15) is 55.3 Å². The minimum Gasteiger partial charge on any atom is -0.463 e. The molecule has 2 aromatic carbocycles. The Labute approximate surface area is 189 Å². The summed E-state index contributed by atoms with van der Waals surface area (Å²) in [5.74, 6) is 0.653. The molecule has 0 radical (unpaired) electrons. The van der Waals surface area contributed by atoms with E-state index in [4.69, 9.17) is 9.15 Å². The Morgan fingerprint density at radius 1 is 1.00 bits per heavy atom. The molecule has 0 fully saturated rings. The van der Waals surface area contributed by atoms with Crippen molar-refractivity contribution in [1.29, 1.82) is 0 Å². The van der Waals surface area contributed by atoms with E-state index in [2.05, 4.69) is 10.3 Å². The summed E-state index contributed by atoms with van der Waals surface area (Å²) in [4.78, 5) is 29.2. The van der Waals surface area contributed by atoms with Crippen LogP contribution in [0.3, 0.4) is 0 Å². The molecule has 0 spiro atoms. The molecule has 1 amide bonds. The number of nitrogens with one attached hydrogen (secondary N) is 1. The zero-order chi connectivity index (χ0) is 23.1. The summed E-state index contributed by atoms with van der Waals surface area (Å²) in [6, 6.07) is 15.3. The molecule has 6 heteroatoms. The third kappa shape index (κ3) is 6.80. The third-order valence-electron chi connectivity index (χ3n) is 5.01. The van der Waals surface area contributed by atoms with Gasteiger partial charge in [-0.25, -0.2) is 4.98 Å². The average molecular weight is 435 g/mol. The lowest BCUT2D eigenvalue weighted by atomic mass is 10.0. The highest BCUT2D eigenvalue weighted by molar-refractivity contribution is 5.78. The predicted octanol–water partition coefficient (Wildman–Crippen LogP) is 5.09. The van der Waals surface area contributed by atoms with E-state index in [1.807, 2.05) is 62.4 Å². The Hall–Kier alpha value is -3.41. The van der Waals surface area contributed by atoms with Gasteiger partial charge in [0, 0.05) is 18.4 Å². The zero-order valence-corrected chi connectivity index (χ0v) is 19.1. The quantitative estimate of drug-likeness (QED) is 0.475. The molecule has 1 N–H and O–H groups in total. The van der Waals surface area contributed by atoms with Gasteiger partial charge >= 0.3 is 5.97 Å². The fourth-order valence-corrected chi connectivity index (χ4v) is 3.29. The maximum atomic E-state index is 12.7. The standard InChI is InChI=1S/C26H30N2O4/c1-17(2)31-26(30)15-22(20-9-5-18(3)6-10-20)28-24(29)13-14-25-27-16-23(32-25)21-11-7-19(4)8-12-21/h5-12,16-17,22H,13-15H2,1-4H3,(H,28,29). The van der Waals surface area contributed by atoms with Crippen molar-refractivity contribution in [2.24, 2.45) is 0 Å². The molecule has 168 valence electrons. The molecule has 0 aliphatic carbocycles. The number of amides is 1. The molecule has 0 bridgehead atoms. The fourth-order valence-electron chi connectivity index (χ4n) is 3.29. The summed E-state index contributed by atoms with van der Waals surface area (Å²) in [5.41, 5.74) is 4.09. The summed E-state index contributed by atoms with van der Waals surface area (Å²) in [6.45, 7) is 7.63. The van der Waals surface area contributed by atoms with Crippen molar-refractivity contribution in [3.8, 4) is 11.3 Å². The van der Waals surface area contributed by atoms with E-state index in [1.165, 1.54) is 5.56 Å². The van der Waals surface area contributed by atoms with E-state index in [1.54, 1.807) is 20.0 Å². The zero-order valence-electron chi connectivity index (χ0n) is 19.1. The molecule has 1 unspecified atom stereocenters. The van der Waals surface area contributed by atoms with Gasteiger partial charge in [-0.2, -0.15) is 0 Å². The van der Waals surface area contributed by atoms with E-state index in [-0.39, 0.29) is 30.8 Å². The first kappa shape index (κ1) is 23.3. The SMILES string of the molecule is Cc1ccc(-c2cnc(CCC(=O)NC(CC(=O)OC(C)C)c3ccc(C)cc3)o2)cc1. The van der Waals surface area contributed by atoms with Gasteiger partial charge in [0.15, 0.2) is 11.7 Å². The van der Waals surface area contributed by atoms with Gasteiger partial charge in [0.05, 0.1) is 24.8 Å². The van der Waals surface area contributed by atoms with Crippen molar-refractivity contribution >= 4 is 11.9 Å². The highest BCUT2D eigenvalue weighted by Gasteiger charge is 2.20. The van der Waals surface area contributed by atoms with E-state index in [0.29, 0.717) is 18.1 Å². The van der Waals surface area contributed by atoms with Gasteiger partial charge in [-0.05, 0) is 33.3 Å². The molecular formula is C26H30N2O4. The first-order chi connectivity index (χ1) is 15.3. The number of ether oxygens (including phenoxy) is 1. The second kappa shape index (κ2) is 10.8. The second-order valence-electron chi connectivity index (χ2n) is 8.26. The summed E-state index contributed by atoms with van der Waals surface area (Å²) in [5, 5.41) is 2.96. The molecule has 3 aromatic rings. The molecule has 0 saturated heterocycles. The normalized spacial score (nSPS) is 11.9. The van der Waals surface area contributed by atoms with Crippen molar-refractivity contribution in [1.82, 2.24) is 10.3 Å². The predicted molar refractivity (Wildman–Crippen MR) is 123 cm³/mol. The van der Waals surface area contributed by atoms with Gasteiger partial charge in [0.1, 0.15) is 0 Å². The molecule has 3 rings (SSSR count). The highest BCUT2D eigenvalue weighted by atomic mass is 16.5. The van der Waals surface area contributed by atoms with E-state index in [0.717, 1.165) is 16.7 Å². The number of benzene rings is 2. The largest absolute Gasteiger partial charge is 0.463 e. The Morgan fingerprint density at radius 3 is 2.25 bits per heavy atom. The molecule has 1 aromatic heterocycles. The molecule has 0 aliphatic rings. The van der Waals surface area contributed by atoms with E-state index < -0.39 is 6.04 Å². The van der Waals surface area contributed by atoms with Crippen LogP contribution in [-0.2, 0) is 20.7 Å². The van der Waals surface area contributed by atoms with Crippen molar-refractivity contribution in [3.05, 3.63) is 77.3 Å². The number of rotatable bonds is 9. The number of aromatic nitrogens is 1. The minimum absolute atomic E-state index is 0.0730. The van der Waals surface area contributed by atoms with Crippen LogP contribution in [0.25, 0.3) is 11.3 Å². The number of nitrogens with zero attached hydrogens (tertiary/aromatic N) is 1. The van der Waals surface area contributed by atoms with Gasteiger partial charge in [-0.15, -0.1) is 0 Å². The summed E-state index contributed by atoms with van der Waals surface area (Å²) in [6.07, 6.45) is 2.12. The van der Waals surface area contributed by atoms with Crippen molar-refractivity contribution in [2.45, 2.75) is 59.1 Å². The lowest BCUT2D eigenvalue weighted by molar-refractivity contribution is -0.148. The lowest BCUT2D eigenvalue weighted by Gasteiger charge is -2.19. The van der Waals surface area contributed by atoms with Crippen molar-refractivity contribution in [3.63, 3.8) is 0 Å². The van der Waals surface area contributed by atoms with Crippen LogP contribution in [0, 0.1) is 13.8 Å². The van der Waals surface area contributed by atoms with Crippen LogP contribution < -0.4 is 5.32 Å². The van der Waals surface area contributed by atoms with Crippen LogP contribution in [0.5, 0.6) is 0 Å². The summed E-state index contributed by atoms with van der Waals surface area (Å²) in [7, 11) is 0. The number of hydrogen-bond donors (Lipinski definition) is 1. The Kier molecular flexibility index (Phi) is 7.82. The topological polar surface area (TPSA) is 81.4 Å². The van der Waals surface area contributed by atoms with Gasteiger partial charge in [-0.3, -0.25) is 9.59 Å². The van der Waals surface area contributed by atoms with Gasteiger partial charge < -0.3 is 14.5 Å². The van der Waals surface area contributed by atoms with Crippen LogP contribution in [0.4, 0.5) is 0 Å². The van der Waals surface area contributed by atoms with Crippen LogP contribution in [-0.4, -0.2) is 23.0 Å². The number of oxazole rings is 1. The lowest BCUT2D eigenvalue weighted by Crippen LogP contribution is -2.31. The van der Waals surface area contributed by atoms with Crippen LogP contribution >= 0.6 is 0 Å². The Bertz CT molecular complexity index is 1040. The first-order valence-electron chi connectivity index (χ1n) is 10.9. The third-order valence-corrected chi connectivity index (χ3v) is 5.01. The number of hydrogen-bond acceptors (Lipinski definition) is 5. The molecule has 6 nitrogen and oxygen atoms in total.